The smallest absolute Gasteiger partial charge is 0.290 e. The van der Waals surface area contributed by atoms with E-state index in [4.69, 9.17) is 4.42 Å². The van der Waals surface area contributed by atoms with Crippen molar-refractivity contribution >= 4 is 17.7 Å². The molecule has 2 aliphatic heterocycles. The minimum absolute atomic E-state index is 0.0403. The molecule has 1 atom stereocenters. The third-order valence-corrected chi connectivity index (χ3v) is 6.52. The summed E-state index contributed by atoms with van der Waals surface area (Å²) in [6.07, 6.45) is 4.11. The van der Waals surface area contributed by atoms with Crippen LogP contribution in [-0.2, 0) is 22.6 Å². The standard InChI is InChI=1S/C24H28N4O4/c29-22(25-19-7-8-19)16-26-9-11-27(12-10-26)23(30)20-14-17-4-1-2-5-18(17)15-28(20)24(31)21-6-3-13-32-21/h1-6,13,19-20H,7-12,14-16H2,(H,25,29). The van der Waals surface area contributed by atoms with Crippen LogP contribution in [0.25, 0.3) is 0 Å². The summed E-state index contributed by atoms with van der Waals surface area (Å²) in [5.74, 6) is -0.000198. The predicted octanol–water partition coefficient (Wildman–Crippen LogP) is 1.27. The quantitative estimate of drug-likeness (QED) is 0.763. The summed E-state index contributed by atoms with van der Waals surface area (Å²) in [4.78, 5) is 44.3. The van der Waals surface area contributed by atoms with Crippen molar-refractivity contribution in [3.8, 4) is 0 Å². The number of hydrogen-bond donors (Lipinski definition) is 1. The van der Waals surface area contributed by atoms with Crippen molar-refractivity contribution in [2.75, 3.05) is 32.7 Å². The van der Waals surface area contributed by atoms with E-state index in [1.807, 2.05) is 29.2 Å². The predicted molar refractivity (Wildman–Crippen MR) is 117 cm³/mol. The van der Waals surface area contributed by atoms with Gasteiger partial charge in [0, 0.05) is 45.2 Å². The highest BCUT2D eigenvalue weighted by atomic mass is 16.3. The van der Waals surface area contributed by atoms with Gasteiger partial charge in [0.1, 0.15) is 6.04 Å². The SMILES string of the molecule is O=C(CN1CCN(C(=O)C2Cc3ccccc3CN2C(=O)c2ccco2)CC1)NC1CC1. The fraction of sp³-hybridized carbons (Fsp3) is 0.458. The van der Waals surface area contributed by atoms with Gasteiger partial charge in [-0.2, -0.15) is 0 Å². The minimum atomic E-state index is -0.563. The molecule has 0 radical (unpaired) electrons. The molecule has 5 rings (SSSR count). The first-order chi connectivity index (χ1) is 15.6. The number of piperazine rings is 1. The van der Waals surface area contributed by atoms with Crippen LogP contribution in [0.3, 0.4) is 0 Å². The van der Waals surface area contributed by atoms with Gasteiger partial charge in [-0.05, 0) is 36.1 Å². The maximum absolute atomic E-state index is 13.5. The molecule has 1 aromatic carbocycles. The van der Waals surface area contributed by atoms with Gasteiger partial charge < -0.3 is 19.5 Å². The first-order valence-corrected chi connectivity index (χ1v) is 11.3. The maximum Gasteiger partial charge on any atom is 0.290 e. The van der Waals surface area contributed by atoms with Crippen LogP contribution < -0.4 is 5.32 Å². The number of amides is 3. The summed E-state index contributed by atoms with van der Waals surface area (Å²) < 4.78 is 5.33. The highest BCUT2D eigenvalue weighted by molar-refractivity contribution is 5.96. The number of rotatable bonds is 5. The number of carbonyl (C=O) groups is 3. The Morgan fingerprint density at radius 2 is 1.72 bits per heavy atom. The van der Waals surface area contributed by atoms with Gasteiger partial charge in [-0.25, -0.2) is 0 Å². The Kier molecular flexibility index (Phi) is 5.70. The molecule has 0 bridgehead atoms. The lowest BCUT2D eigenvalue weighted by atomic mass is 9.92. The lowest BCUT2D eigenvalue weighted by Crippen LogP contribution is -2.58. The number of nitrogens with zero attached hydrogens (tertiary/aromatic N) is 3. The molecule has 1 aliphatic carbocycles. The summed E-state index contributed by atoms with van der Waals surface area (Å²) in [5.41, 5.74) is 2.16. The average molecular weight is 437 g/mol. The summed E-state index contributed by atoms with van der Waals surface area (Å²) in [5, 5.41) is 3.01. The lowest BCUT2D eigenvalue weighted by Gasteiger charge is -2.41. The van der Waals surface area contributed by atoms with Gasteiger partial charge in [0.15, 0.2) is 5.76 Å². The zero-order valence-corrected chi connectivity index (χ0v) is 18.0. The molecule has 2 fully saturated rings. The normalized spacial score (nSPS) is 21.2. The largest absolute Gasteiger partial charge is 0.459 e. The molecule has 32 heavy (non-hydrogen) atoms. The molecule has 3 amide bonds. The van der Waals surface area contributed by atoms with E-state index in [-0.39, 0.29) is 23.5 Å². The van der Waals surface area contributed by atoms with Gasteiger partial charge in [-0.3, -0.25) is 19.3 Å². The number of hydrogen-bond acceptors (Lipinski definition) is 5. The van der Waals surface area contributed by atoms with Crippen molar-refractivity contribution in [1.82, 2.24) is 20.0 Å². The van der Waals surface area contributed by atoms with Crippen molar-refractivity contribution in [2.24, 2.45) is 0 Å². The van der Waals surface area contributed by atoms with Crippen molar-refractivity contribution in [3.05, 3.63) is 59.5 Å². The first-order valence-electron chi connectivity index (χ1n) is 11.3. The topological polar surface area (TPSA) is 86.1 Å². The molecular weight excluding hydrogens is 408 g/mol. The van der Waals surface area contributed by atoms with Gasteiger partial charge in [-0.15, -0.1) is 0 Å². The van der Waals surface area contributed by atoms with Crippen molar-refractivity contribution in [2.45, 2.75) is 37.9 Å². The molecule has 0 spiro atoms. The van der Waals surface area contributed by atoms with E-state index in [1.165, 1.54) is 6.26 Å². The monoisotopic (exact) mass is 436 g/mol. The van der Waals surface area contributed by atoms with Crippen molar-refractivity contribution < 1.29 is 18.8 Å². The first kappa shape index (κ1) is 20.8. The molecule has 8 heteroatoms. The maximum atomic E-state index is 13.5. The molecule has 3 aliphatic rings. The van der Waals surface area contributed by atoms with Crippen LogP contribution >= 0.6 is 0 Å². The molecule has 1 aromatic heterocycles. The summed E-state index contributed by atoms with van der Waals surface area (Å²) in [7, 11) is 0. The molecular formula is C24H28N4O4. The molecule has 2 aromatic rings. The number of carbonyl (C=O) groups excluding carboxylic acids is 3. The third-order valence-electron chi connectivity index (χ3n) is 6.52. The Labute approximate surface area is 187 Å². The Morgan fingerprint density at radius 3 is 2.41 bits per heavy atom. The third kappa shape index (κ3) is 4.41. The van der Waals surface area contributed by atoms with E-state index >= 15 is 0 Å². The van der Waals surface area contributed by atoms with Crippen LogP contribution in [0.5, 0.6) is 0 Å². The molecule has 1 saturated heterocycles. The fourth-order valence-corrected chi connectivity index (χ4v) is 4.54. The second-order valence-electron chi connectivity index (χ2n) is 8.84. The molecule has 1 unspecified atom stereocenters. The summed E-state index contributed by atoms with van der Waals surface area (Å²) >= 11 is 0. The molecule has 8 nitrogen and oxygen atoms in total. The Morgan fingerprint density at radius 1 is 0.969 bits per heavy atom. The van der Waals surface area contributed by atoms with Gasteiger partial charge in [0.25, 0.3) is 5.91 Å². The Balaban J connectivity index is 1.26. The number of nitrogens with one attached hydrogen (secondary N) is 1. The number of furan rings is 1. The van der Waals surface area contributed by atoms with Crippen LogP contribution in [0.1, 0.15) is 34.5 Å². The van der Waals surface area contributed by atoms with Crippen LogP contribution in [0, 0.1) is 0 Å². The van der Waals surface area contributed by atoms with Gasteiger partial charge in [-0.1, -0.05) is 24.3 Å². The van der Waals surface area contributed by atoms with Gasteiger partial charge >= 0.3 is 0 Å². The van der Waals surface area contributed by atoms with Gasteiger partial charge in [0.05, 0.1) is 12.8 Å². The van der Waals surface area contributed by atoms with Crippen LogP contribution in [-0.4, -0.2) is 77.2 Å². The number of fused-ring (bicyclic) bond motifs is 1. The second-order valence-corrected chi connectivity index (χ2v) is 8.84. The van der Waals surface area contributed by atoms with Crippen molar-refractivity contribution in [3.63, 3.8) is 0 Å². The van der Waals surface area contributed by atoms with E-state index in [0.29, 0.717) is 51.7 Å². The Bertz CT molecular complexity index is 993. The van der Waals surface area contributed by atoms with Gasteiger partial charge in [0.2, 0.25) is 11.8 Å². The van der Waals surface area contributed by atoms with Crippen LogP contribution in [0.2, 0.25) is 0 Å². The molecule has 168 valence electrons. The van der Waals surface area contributed by atoms with E-state index in [0.717, 1.165) is 24.0 Å². The second kappa shape index (κ2) is 8.78. The highest BCUT2D eigenvalue weighted by Crippen LogP contribution is 2.27. The van der Waals surface area contributed by atoms with E-state index in [9.17, 15) is 14.4 Å². The van der Waals surface area contributed by atoms with E-state index < -0.39 is 6.04 Å². The Hall–Kier alpha value is -3.13. The zero-order valence-electron chi connectivity index (χ0n) is 18.0. The van der Waals surface area contributed by atoms with E-state index in [1.54, 1.807) is 17.0 Å². The summed E-state index contributed by atoms with van der Waals surface area (Å²) in [6, 6.07) is 11.1. The molecule has 1 saturated carbocycles. The molecule has 3 heterocycles. The zero-order chi connectivity index (χ0) is 22.1. The minimum Gasteiger partial charge on any atom is -0.459 e. The van der Waals surface area contributed by atoms with Crippen LogP contribution in [0.4, 0.5) is 0 Å². The summed E-state index contributed by atoms with van der Waals surface area (Å²) in [6.45, 7) is 3.16. The molecule has 1 N–H and O–H groups in total. The highest BCUT2D eigenvalue weighted by Gasteiger charge is 2.38. The lowest BCUT2D eigenvalue weighted by molar-refractivity contribution is -0.138. The van der Waals surface area contributed by atoms with Crippen LogP contribution in [0.15, 0.2) is 47.1 Å². The average Bonchev–Trinajstić information content (AvgIpc) is 3.45. The van der Waals surface area contributed by atoms with Crippen molar-refractivity contribution in [1.29, 1.82) is 0 Å². The fourth-order valence-electron chi connectivity index (χ4n) is 4.54. The number of benzene rings is 1. The van der Waals surface area contributed by atoms with E-state index in [2.05, 4.69) is 10.2 Å².